The third-order valence-corrected chi connectivity index (χ3v) is 5.92. The molecule has 0 spiro atoms. The molecule has 0 saturated carbocycles. The van der Waals surface area contributed by atoms with Crippen molar-refractivity contribution in [1.29, 1.82) is 0 Å². The molecular formula is C21H23ClN2O2S. The average Bonchev–Trinajstić information content (AvgIpc) is 3.20. The van der Waals surface area contributed by atoms with Crippen molar-refractivity contribution < 1.29 is 9.47 Å². The largest absolute Gasteiger partial charge is 0.495 e. The second-order valence-corrected chi connectivity index (χ2v) is 7.90. The molecule has 142 valence electrons. The Morgan fingerprint density at radius 3 is 2.37 bits per heavy atom. The van der Waals surface area contributed by atoms with E-state index in [1.807, 2.05) is 49.1 Å². The van der Waals surface area contributed by atoms with Gasteiger partial charge in [-0.2, -0.15) is 0 Å². The molecule has 1 heterocycles. The average molecular weight is 403 g/mol. The van der Waals surface area contributed by atoms with E-state index in [9.17, 15) is 0 Å². The highest BCUT2D eigenvalue weighted by Crippen LogP contribution is 2.41. The van der Waals surface area contributed by atoms with E-state index in [1.165, 1.54) is 5.56 Å². The highest BCUT2D eigenvalue weighted by atomic mass is 35.5. The highest BCUT2D eigenvalue weighted by molar-refractivity contribution is 8.00. The predicted molar refractivity (Wildman–Crippen MR) is 111 cm³/mol. The number of aromatic nitrogens is 2. The molecule has 0 aliphatic rings. The Kier molecular flexibility index (Phi) is 7.07. The molecule has 0 saturated heterocycles. The van der Waals surface area contributed by atoms with E-state index in [0.717, 1.165) is 40.8 Å². The fourth-order valence-corrected chi connectivity index (χ4v) is 4.37. The monoisotopic (exact) mass is 402 g/mol. The van der Waals surface area contributed by atoms with Gasteiger partial charge in [0.1, 0.15) is 11.5 Å². The van der Waals surface area contributed by atoms with Gasteiger partial charge in [0.15, 0.2) is 0 Å². The standard InChI is InChI=1S/C21H23ClN2O2S/c1-25-19-4-3-5-20(26-2)21(19)27-18(14-24-13-12-23-15-24)11-8-16-6-9-17(22)10-7-16/h3-7,9-10,12-13,15,18H,8,11,14H2,1-2H3. The molecule has 0 amide bonds. The summed E-state index contributed by atoms with van der Waals surface area (Å²) in [6.07, 6.45) is 7.64. The summed E-state index contributed by atoms with van der Waals surface area (Å²) in [7, 11) is 3.38. The third kappa shape index (κ3) is 5.44. The van der Waals surface area contributed by atoms with Crippen LogP contribution >= 0.6 is 23.4 Å². The van der Waals surface area contributed by atoms with Crippen molar-refractivity contribution in [2.45, 2.75) is 29.5 Å². The summed E-state index contributed by atoms with van der Waals surface area (Å²) < 4.78 is 13.2. The second-order valence-electron chi connectivity index (χ2n) is 6.16. The van der Waals surface area contributed by atoms with Gasteiger partial charge < -0.3 is 14.0 Å². The SMILES string of the molecule is COc1cccc(OC)c1SC(CCc1ccc(Cl)cc1)Cn1ccnc1. The lowest BCUT2D eigenvalue weighted by Gasteiger charge is -2.20. The minimum atomic E-state index is 0.333. The smallest absolute Gasteiger partial charge is 0.136 e. The van der Waals surface area contributed by atoms with Crippen molar-refractivity contribution in [1.82, 2.24) is 9.55 Å². The molecule has 0 radical (unpaired) electrons. The first-order valence-electron chi connectivity index (χ1n) is 8.77. The molecule has 0 fully saturated rings. The van der Waals surface area contributed by atoms with E-state index >= 15 is 0 Å². The van der Waals surface area contributed by atoms with Crippen LogP contribution < -0.4 is 9.47 Å². The van der Waals surface area contributed by atoms with Crippen molar-refractivity contribution >= 4 is 23.4 Å². The molecule has 3 aromatic rings. The summed E-state index contributed by atoms with van der Waals surface area (Å²) in [5, 5.41) is 1.10. The van der Waals surface area contributed by atoms with Crippen molar-refractivity contribution in [2.75, 3.05) is 14.2 Å². The first kappa shape index (κ1) is 19.6. The number of hydrogen-bond acceptors (Lipinski definition) is 4. The Balaban J connectivity index is 1.78. The van der Waals surface area contributed by atoms with Crippen LogP contribution in [0.25, 0.3) is 0 Å². The van der Waals surface area contributed by atoms with Gasteiger partial charge >= 0.3 is 0 Å². The highest BCUT2D eigenvalue weighted by Gasteiger charge is 2.18. The number of ether oxygens (including phenoxy) is 2. The van der Waals surface area contributed by atoms with Crippen LogP contribution in [0.2, 0.25) is 5.02 Å². The number of methoxy groups -OCH3 is 2. The van der Waals surface area contributed by atoms with Crippen LogP contribution in [0.5, 0.6) is 11.5 Å². The number of aryl methyl sites for hydroxylation is 1. The van der Waals surface area contributed by atoms with E-state index in [0.29, 0.717) is 5.25 Å². The predicted octanol–water partition coefficient (Wildman–Crippen LogP) is 5.35. The minimum absolute atomic E-state index is 0.333. The number of hydrogen-bond donors (Lipinski definition) is 0. The van der Waals surface area contributed by atoms with Crippen LogP contribution in [-0.4, -0.2) is 29.0 Å². The molecule has 0 aliphatic carbocycles. The number of nitrogens with zero attached hydrogens (tertiary/aromatic N) is 2. The zero-order chi connectivity index (χ0) is 19.1. The summed E-state index contributed by atoms with van der Waals surface area (Å²) in [6, 6.07) is 13.9. The Hall–Kier alpha value is -2.11. The number of imidazole rings is 1. The minimum Gasteiger partial charge on any atom is -0.495 e. The zero-order valence-electron chi connectivity index (χ0n) is 15.5. The Morgan fingerprint density at radius 1 is 1.07 bits per heavy atom. The van der Waals surface area contributed by atoms with Gasteiger partial charge in [-0.25, -0.2) is 4.98 Å². The molecule has 2 aromatic carbocycles. The maximum absolute atomic E-state index is 6.00. The maximum Gasteiger partial charge on any atom is 0.136 e. The van der Waals surface area contributed by atoms with Gasteiger partial charge in [0, 0.05) is 29.2 Å². The number of benzene rings is 2. The number of thioether (sulfide) groups is 1. The lowest BCUT2D eigenvalue weighted by atomic mass is 10.1. The molecule has 1 unspecified atom stereocenters. The van der Waals surface area contributed by atoms with Crippen LogP contribution in [0, 0.1) is 0 Å². The molecule has 3 rings (SSSR count). The maximum atomic E-state index is 6.00. The quantitative estimate of drug-likeness (QED) is 0.452. The van der Waals surface area contributed by atoms with E-state index in [4.69, 9.17) is 21.1 Å². The van der Waals surface area contributed by atoms with Crippen molar-refractivity contribution in [3.63, 3.8) is 0 Å². The normalized spacial score (nSPS) is 12.0. The number of halogens is 1. The molecule has 6 heteroatoms. The Morgan fingerprint density at radius 2 is 1.78 bits per heavy atom. The van der Waals surface area contributed by atoms with E-state index in [2.05, 4.69) is 21.7 Å². The van der Waals surface area contributed by atoms with E-state index in [1.54, 1.807) is 26.0 Å². The first-order chi connectivity index (χ1) is 13.2. The molecular weight excluding hydrogens is 380 g/mol. The van der Waals surface area contributed by atoms with Gasteiger partial charge in [0.2, 0.25) is 0 Å². The van der Waals surface area contributed by atoms with Gasteiger partial charge in [0.25, 0.3) is 0 Å². The van der Waals surface area contributed by atoms with Crippen LogP contribution in [0.3, 0.4) is 0 Å². The second kappa shape index (κ2) is 9.72. The molecule has 1 aromatic heterocycles. The molecule has 1 atom stereocenters. The third-order valence-electron chi connectivity index (χ3n) is 4.31. The van der Waals surface area contributed by atoms with Crippen molar-refractivity contribution in [2.24, 2.45) is 0 Å². The number of rotatable bonds is 9. The first-order valence-corrected chi connectivity index (χ1v) is 10.0. The van der Waals surface area contributed by atoms with Crippen LogP contribution in [-0.2, 0) is 13.0 Å². The lowest BCUT2D eigenvalue weighted by molar-refractivity contribution is 0.376. The van der Waals surface area contributed by atoms with Crippen LogP contribution in [0.4, 0.5) is 0 Å². The molecule has 0 aliphatic heterocycles. The molecule has 4 nitrogen and oxygen atoms in total. The van der Waals surface area contributed by atoms with Gasteiger partial charge in [-0.05, 0) is 42.7 Å². The van der Waals surface area contributed by atoms with Crippen molar-refractivity contribution in [3.8, 4) is 11.5 Å². The van der Waals surface area contributed by atoms with Gasteiger partial charge in [0.05, 0.1) is 25.4 Å². The zero-order valence-corrected chi connectivity index (χ0v) is 17.0. The Labute approximate surface area is 169 Å². The fourth-order valence-electron chi connectivity index (χ4n) is 2.90. The Bertz CT molecular complexity index is 816. The van der Waals surface area contributed by atoms with E-state index in [-0.39, 0.29) is 0 Å². The summed E-state index contributed by atoms with van der Waals surface area (Å²) in [5.74, 6) is 1.67. The van der Waals surface area contributed by atoms with Crippen LogP contribution in [0.1, 0.15) is 12.0 Å². The van der Waals surface area contributed by atoms with Crippen molar-refractivity contribution in [3.05, 3.63) is 71.8 Å². The summed E-state index contributed by atoms with van der Waals surface area (Å²) in [4.78, 5) is 5.20. The topological polar surface area (TPSA) is 36.3 Å². The van der Waals surface area contributed by atoms with Gasteiger partial charge in [-0.1, -0.05) is 29.8 Å². The summed E-state index contributed by atoms with van der Waals surface area (Å²) in [5.41, 5.74) is 1.28. The lowest BCUT2D eigenvalue weighted by Crippen LogP contribution is -2.13. The van der Waals surface area contributed by atoms with Gasteiger partial charge in [-0.15, -0.1) is 11.8 Å². The van der Waals surface area contributed by atoms with Gasteiger partial charge in [-0.3, -0.25) is 0 Å². The van der Waals surface area contributed by atoms with Crippen LogP contribution in [0.15, 0.2) is 66.1 Å². The molecule has 0 N–H and O–H groups in total. The fraction of sp³-hybridized carbons (Fsp3) is 0.286. The molecule has 0 bridgehead atoms. The summed E-state index contributed by atoms with van der Waals surface area (Å²) >= 11 is 7.79. The molecule has 27 heavy (non-hydrogen) atoms. The summed E-state index contributed by atoms with van der Waals surface area (Å²) in [6.45, 7) is 0.861. The van der Waals surface area contributed by atoms with E-state index < -0.39 is 0 Å².